The van der Waals surface area contributed by atoms with Gasteiger partial charge in [-0.1, -0.05) is 15.9 Å². The van der Waals surface area contributed by atoms with Crippen LogP contribution in [-0.2, 0) is 4.79 Å². The number of rotatable bonds is 8. The Kier molecular flexibility index (Phi) is 5.03. The molecule has 1 amide bonds. The van der Waals surface area contributed by atoms with Crippen molar-refractivity contribution in [3.8, 4) is 11.5 Å². The molecular weight excluding hydrogens is 378 g/mol. The lowest BCUT2D eigenvalue weighted by molar-refractivity contribution is -0.123. The summed E-state index contributed by atoms with van der Waals surface area (Å²) in [7, 11) is 1.53. The second-order valence-corrected chi connectivity index (χ2v) is 6.26. The minimum atomic E-state index is -0.167. The highest BCUT2D eigenvalue weighted by Crippen LogP contribution is 2.28. The Balaban J connectivity index is 1.77. The monoisotopic (exact) mass is 395 g/mol. The molecule has 1 fully saturated rings. The van der Waals surface area contributed by atoms with Crippen LogP contribution >= 0.6 is 15.9 Å². The summed E-state index contributed by atoms with van der Waals surface area (Å²) in [5.74, 6) is 1.28. The van der Waals surface area contributed by atoms with Crippen molar-refractivity contribution in [1.29, 1.82) is 0 Å². The Hall–Kier alpha value is -2.09. The molecule has 7 nitrogen and oxygen atoms in total. The van der Waals surface area contributed by atoms with E-state index in [2.05, 4.69) is 26.3 Å². The number of nitrogens with zero attached hydrogens (tertiary/aromatic N) is 2. The highest BCUT2D eigenvalue weighted by molar-refractivity contribution is 9.09. The molecule has 0 bridgehead atoms. The number of ether oxygens (including phenoxy) is 2. The van der Waals surface area contributed by atoms with Crippen molar-refractivity contribution in [3.63, 3.8) is 0 Å². The first kappa shape index (κ1) is 16.8. The standard InChI is InChI=1S/C16H18BrN3O4/c1-23-11-4-15(24-9-16(22)18-7-10-2-3-10)13-5-12(14(21)6-17)19-20(13)8-11/h4-5,8,10H,2-3,6-7,9H2,1H3,(H,18,22). The molecule has 0 unspecified atom stereocenters. The van der Waals surface area contributed by atoms with E-state index < -0.39 is 0 Å². The first-order valence-corrected chi connectivity index (χ1v) is 8.79. The number of aromatic nitrogens is 2. The number of fused-ring (bicyclic) bond motifs is 1. The fourth-order valence-electron chi connectivity index (χ4n) is 2.24. The molecule has 8 heteroatoms. The van der Waals surface area contributed by atoms with Gasteiger partial charge in [-0.25, -0.2) is 4.52 Å². The van der Waals surface area contributed by atoms with Gasteiger partial charge in [-0.05, 0) is 24.8 Å². The van der Waals surface area contributed by atoms with Crippen molar-refractivity contribution in [3.05, 3.63) is 24.0 Å². The number of carbonyl (C=O) groups excluding carboxylic acids is 2. The summed E-state index contributed by atoms with van der Waals surface area (Å²) < 4.78 is 12.4. The zero-order valence-corrected chi connectivity index (χ0v) is 14.8. The van der Waals surface area contributed by atoms with Gasteiger partial charge in [0.15, 0.2) is 12.4 Å². The summed E-state index contributed by atoms with van der Waals surface area (Å²) in [5, 5.41) is 7.26. The van der Waals surface area contributed by atoms with E-state index in [-0.39, 0.29) is 23.6 Å². The third kappa shape index (κ3) is 3.87. The third-order valence-corrected chi connectivity index (χ3v) is 4.31. The predicted molar refractivity (Wildman–Crippen MR) is 91.1 cm³/mol. The van der Waals surface area contributed by atoms with Crippen LogP contribution in [0.25, 0.3) is 5.52 Å². The van der Waals surface area contributed by atoms with Crippen LogP contribution in [0.15, 0.2) is 18.3 Å². The number of methoxy groups -OCH3 is 1. The Morgan fingerprint density at radius 3 is 2.88 bits per heavy atom. The quantitative estimate of drug-likeness (QED) is 0.544. The molecule has 1 saturated carbocycles. The van der Waals surface area contributed by atoms with Gasteiger partial charge in [0, 0.05) is 12.6 Å². The lowest BCUT2D eigenvalue weighted by atomic mass is 10.3. The predicted octanol–water partition coefficient (Wildman–Crippen LogP) is 1.83. The summed E-state index contributed by atoms with van der Waals surface area (Å²) in [4.78, 5) is 23.7. The van der Waals surface area contributed by atoms with Crippen molar-refractivity contribution in [2.75, 3.05) is 25.6 Å². The summed E-state index contributed by atoms with van der Waals surface area (Å²) >= 11 is 3.13. The number of pyridine rings is 1. The maximum Gasteiger partial charge on any atom is 0.257 e. The normalized spacial score (nSPS) is 13.8. The van der Waals surface area contributed by atoms with Crippen molar-refractivity contribution in [2.24, 2.45) is 5.92 Å². The van der Waals surface area contributed by atoms with Gasteiger partial charge in [-0.15, -0.1) is 0 Å². The summed E-state index contributed by atoms with van der Waals surface area (Å²) in [6.07, 6.45) is 4.01. The fourth-order valence-corrected chi connectivity index (χ4v) is 2.53. The van der Waals surface area contributed by atoms with Gasteiger partial charge in [0.1, 0.15) is 22.7 Å². The number of halogens is 1. The van der Waals surface area contributed by atoms with E-state index in [4.69, 9.17) is 9.47 Å². The number of hydrogen-bond donors (Lipinski definition) is 1. The largest absolute Gasteiger partial charge is 0.495 e. The molecule has 1 aliphatic carbocycles. The smallest absolute Gasteiger partial charge is 0.257 e. The lowest BCUT2D eigenvalue weighted by Gasteiger charge is -2.10. The van der Waals surface area contributed by atoms with E-state index in [1.54, 1.807) is 18.3 Å². The molecule has 24 heavy (non-hydrogen) atoms. The first-order chi connectivity index (χ1) is 11.6. The number of carbonyl (C=O) groups is 2. The summed E-state index contributed by atoms with van der Waals surface area (Å²) in [6, 6.07) is 3.31. The lowest BCUT2D eigenvalue weighted by Crippen LogP contribution is -2.30. The zero-order valence-electron chi connectivity index (χ0n) is 13.3. The van der Waals surface area contributed by atoms with Crippen molar-refractivity contribution in [2.45, 2.75) is 12.8 Å². The average molecular weight is 396 g/mol. The fraction of sp³-hybridized carbons (Fsp3) is 0.438. The molecule has 0 saturated heterocycles. The van der Waals surface area contributed by atoms with E-state index in [9.17, 15) is 9.59 Å². The molecule has 128 valence electrons. The number of alkyl halides is 1. The van der Waals surface area contributed by atoms with Crippen LogP contribution in [-0.4, -0.2) is 46.9 Å². The van der Waals surface area contributed by atoms with E-state index in [0.29, 0.717) is 35.2 Å². The number of Topliss-reactive ketones (excluding diaryl/α,β-unsaturated/α-hetero) is 1. The summed E-state index contributed by atoms with van der Waals surface area (Å²) in [6.45, 7) is 0.606. The number of nitrogens with one attached hydrogen (secondary N) is 1. The molecule has 0 spiro atoms. The minimum absolute atomic E-state index is 0.0948. The molecule has 0 aliphatic heterocycles. The minimum Gasteiger partial charge on any atom is -0.495 e. The molecule has 1 N–H and O–H groups in total. The second kappa shape index (κ2) is 7.21. The molecule has 0 radical (unpaired) electrons. The van der Waals surface area contributed by atoms with Crippen molar-refractivity contribution >= 4 is 33.1 Å². The zero-order chi connectivity index (χ0) is 17.1. The molecule has 2 aromatic rings. The Morgan fingerprint density at radius 1 is 1.42 bits per heavy atom. The van der Waals surface area contributed by atoms with E-state index >= 15 is 0 Å². The van der Waals surface area contributed by atoms with Gasteiger partial charge in [0.2, 0.25) is 0 Å². The van der Waals surface area contributed by atoms with Crippen molar-refractivity contribution < 1.29 is 19.1 Å². The average Bonchev–Trinajstić information content (AvgIpc) is 3.33. The highest BCUT2D eigenvalue weighted by atomic mass is 79.9. The SMILES string of the molecule is COc1cc(OCC(=O)NCC2CC2)c2cc(C(=O)CBr)nn2c1. The van der Waals surface area contributed by atoms with Crippen LogP contribution in [0.2, 0.25) is 0 Å². The second-order valence-electron chi connectivity index (χ2n) is 5.70. The molecule has 3 rings (SSSR count). The number of hydrogen-bond acceptors (Lipinski definition) is 5. The maximum atomic E-state index is 11.8. The van der Waals surface area contributed by atoms with Crippen LogP contribution < -0.4 is 14.8 Å². The molecular formula is C16H18BrN3O4. The topological polar surface area (TPSA) is 81.9 Å². The van der Waals surface area contributed by atoms with Crippen LogP contribution in [0.4, 0.5) is 0 Å². The molecule has 0 atom stereocenters. The maximum absolute atomic E-state index is 11.8. The van der Waals surface area contributed by atoms with E-state index in [0.717, 1.165) is 0 Å². The van der Waals surface area contributed by atoms with Gasteiger partial charge in [0.05, 0.1) is 18.6 Å². The Bertz CT molecular complexity index is 770. The van der Waals surface area contributed by atoms with Gasteiger partial charge in [-0.2, -0.15) is 5.10 Å². The van der Waals surface area contributed by atoms with Crippen LogP contribution in [0.3, 0.4) is 0 Å². The first-order valence-electron chi connectivity index (χ1n) is 7.66. The van der Waals surface area contributed by atoms with Crippen LogP contribution in [0.5, 0.6) is 11.5 Å². The van der Waals surface area contributed by atoms with Gasteiger partial charge in [-0.3, -0.25) is 9.59 Å². The molecule has 2 heterocycles. The van der Waals surface area contributed by atoms with E-state index in [1.165, 1.54) is 24.5 Å². The Labute approximate surface area is 147 Å². The molecule has 1 aliphatic rings. The molecule has 0 aromatic carbocycles. The van der Waals surface area contributed by atoms with Gasteiger partial charge < -0.3 is 14.8 Å². The van der Waals surface area contributed by atoms with Crippen LogP contribution in [0.1, 0.15) is 23.3 Å². The number of amides is 1. The van der Waals surface area contributed by atoms with Gasteiger partial charge in [0.25, 0.3) is 5.91 Å². The van der Waals surface area contributed by atoms with Gasteiger partial charge >= 0.3 is 0 Å². The molecule has 2 aromatic heterocycles. The van der Waals surface area contributed by atoms with E-state index in [1.807, 2.05) is 0 Å². The van der Waals surface area contributed by atoms with Crippen molar-refractivity contribution in [1.82, 2.24) is 14.9 Å². The third-order valence-electron chi connectivity index (χ3n) is 3.80. The Morgan fingerprint density at radius 2 is 2.21 bits per heavy atom. The highest BCUT2D eigenvalue weighted by Gasteiger charge is 2.22. The van der Waals surface area contributed by atoms with Crippen LogP contribution in [0, 0.1) is 5.92 Å². The summed E-state index contributed by atoms with van der Waals surface area (Å²) in [5.41, 5.74) is 0.929. The number of ketones is 1.